The predicted octanol–water partition coefficient (Wildman–Crippen LogP) is 2.25. The number of nitrogens with two attached hydrogens (primary N) is 1. The first-order valence-corrected chi connectivity index (χ1v) is 6.03. The van der Waals surface area contributed by atoms with Crippen LogP contribution in [0, 0.1) is 17.8 Å². The van der Waals surface area contributed by atoms with Crippen molar-refractivity contribution in [1.29, 1.82) is 0 Å². The van der Waals surface area contributed by atoms with Crippen LogP contribution >= 0.6 is 0 Å². The first-order valence-electron chi connectivity index (χ1n) is 6.03. The Hall–Kier alpha value is -0.570. The van der Waals surface area contributed by atoms with E-state index in [-0.39, 0.29) is 12.5 Å². The van der Waals surface area contributed by atoms with E-state index in [2.05, 4.69) is 13.8 Å². The van der Waals surface area contributed by atoms with Gasteiger partial charge in [-0.25, -0.2) is 0 Å². The lowest BCUT2D eigenvalue weighted by atomic mass is 9.68. The summed E-state index contributed by atoms with van der Waals surface area (Å²) in [6.07, 6.45) is 5.04. The molecule has 0 saturated heterocycles. The summed E-state index contributed by atoms with van der Waals surface area (Å²) in [6, 6.07) is -0.178. The minimum absolute atomic E-state index is 0.107. The van der Waals surface area contributed by atoms with Crippen molar-refractivity contribution in [2.45, 2.75) is 52.0 Å². The van der Waals surface area contributed by atoms with E-state index < -0.39 is 5.97 Å². The molecular weight excluding hydrogens is 190 g/mol. The van der Waals surface area contributed by atoms with Gasteiger partial charge in [-0.3, -0.25) is 4.79 Å². The third-order valence-corrected chi connectivity index (χ3v) is 4.00. The summed E-state index contributed by atoms with van der Waals surface area (Å²) in [5.41, 5.74) is 5.97. The molecule has 3 atom stereocenters. The molecule has 0 bridgehead atoms. The highest BCUT2D eigenvalue weighted by molar-refractivity contribution is 5.67. The van der Waals surface area contributed by atoms with Crippen molar-refractivity contribution in [3.63, 3.8) is 0 Å². The van der Waals surface area contributed by atoms with E-state index in [0.29, 0.717) is 11.8 Å². The molecule has 1 fully saturated rings. The number of aliphatic carboxylic acids is 1. The van der Waals surface area contributed by atoms with Crippen molar-refractivity contribution in [2.75, 3.05) is 0 Å². The molecule has 1 aliphatic rings. The second-order valence-electron chi connectivity index (χ2n) is 4.88. The molecule has 1 rings (SSSR count). The van der Waals surface area contributed by atoms with Crippen LogP contribution < -0.4 is 5.73 Å². The number of rotatable bonds is 6. The molecule has 1 saturated carbocycles. The van der Waals surface area contributed by atoms with Gasteiger partial charge in [0.05, 0.1) is 6.42 Å². The summed E-state index contributed by atoms with van der Waals surface area (Å²) in [5, 5.41) is 8.74. The summed E-state index contributed by atoms with van der Waals surface area (Å²) in [5.74, 6) is 0.959. The summed E-state index contributed by atoms with van der Waals surface area (Å²) in [4.78, 5) is 10.6. The average molecular weight is 213 g/mol. The number of hydrogen-bond donors (Lipinski definition) is 2. The van der Waals surface area contributed by atoms with Crippen molar-refractivity contribution in [2.24, 2.45) is 23.5 Å². The van der Waals surface area contributed by atoms with Gasteiger partial charge < -0.3 is 10.8 Å². The zero-order chi connectivity index (χ0) is 11.4. The monoisotopic (exact) mass is 213 g/mol. The number of carbonyl (C=O) groups is 1. The van der Waals surface area contributed by atoms with Gasteiger partial charge in [0.25, 0.3) is 0 Å². The van der Waals surface area contributed by atoms with E-state index in [9.17, 15) is 4.79 Å². The lowest BCUT2D eigenvalue weighted by Crippen LogP contribution is -2.39. The molecule has 0 spiro atoms. The molecule has 3 unspecified atom stereocenters. The van der Waals surface area contributed by atoms with Gasteiger partial charge in [-0.1, -0.05) is 39.5 Å². The largest absolute Gasteiger partial charge is 0.481 e. The topological polar surface area (TPSA) is 63.3 Å². The average Bonchev–Trinajstić information content (AvgIpc) is 1.99. The van der Waals surface area contributed by atoms with Crippen LogP contribution in [-0.4, -0.2) is 17.1 Å². The first-order chi connectivity index (χ1) is 7.06. The fourth-order valence-electron chi connectivity index (χ4n) is 2.73. The molecule has 0 aromatic heterocycles. The zero-order valence-corrected chi connectivity index (χ0v) is 9.78. The summed E-state index contributed by atoms with van der Waals surface area (Å²) in [7, 11) is 0. The summed E-state index contributed by atoms with van der Waals surface area (Å²) >= 11 is 0. The molecule has 0 aromatic carbocycles. The zero-order valence-electron chi connectivity index (χ0n) is 9.78. The predicted molar refractivity (Wildman–Crippen MR) is 60.5 cm³/mol. The van der Waals surface area contributed by atoms with E-state index in [4.69, 9.17) is 10.8 Å². The fraction of sp³-hybridized carbons (Fsp3) is 0.917. The second-order valence-corrected chi connectivity index (χ2v) is 4.88. The summed E-state index contributed by atoms with van der Waals surface area (Å²) < 4.78 is 0. The van der Waals surface area contributed by atoms with Gasteiger partial charge in [0.15, 0.2) is 0 Å². The maximum Gasteiger partial charge on any atom is 0.304 e. The lowest BCUT2D eigenvalue weighted by Gasteiger charge is -2.38. The van der Waals surface area contributed by atoms with Crippen LogP contribution in [0.5, 0.6) is 0 Å². The van der Waals surface area contributed by atoms with Gasteiger partial charge in [-0.15, -0.1) is 0 Å². The molecule has 0 aliphatic heterocycles. The minimum atomic E-state index is -0.776. The highest BCUT2D eigenvalue weighted by Gasteiger charge is 2.32. The molecule has 0 radical (unpaired) electrons. The normalized spacial score (nSPS) is 22.9. The van der Waals surface area contributed by atoms with E-state index in [1.54, 1.807) is 0 Å². The van der Waals surface area contributed by atoms with Crippen molar-refractivity contribution >= 4 is 5.97 Å². The van der Waals surface area contributed by atoms with Gasteiger partial charge in [-0.05, 0) is 17.8 Å². The highest BCUT2D eigenvalue weighted by atomic mass is 16.4. The quantitative estimate of drug-likeness (QED) is 0.711. The molecule has 3 N–H and O–H groups in total. The molecule has 3 heteroatoms. The van der Waals surface area contributed by atoms with Crippen LogP contribution in [-0.2, 0) is 4.79 Å². The molecule has 0 aromatic rings. The van der Waals surface area contributed by atoms with E-state index in [0.717, 1.165) is 12.3 Å². The Balaban J connectivity index is 2.48. The Morgan fingerprint density at radius 2 is 2.13 bits per heavy atom. The van der Waals surface area contributed by atoms with Gasteiger partial charge in [0.1, 0.15) is 0 Å². The van der Waals surface area contributed by atoms with E-state index in [1.165, 1.54) is 19.3 Å². The van der Waals surface area contributed by atoms with Crippen molar-refractivity contribution in [3.05, 3.63) is 0 Å². The Morgan fingerprint density at radius 1 is 1.53 bits per heavy atom. The van der Waals surface area contributed by atoms with Gasteiger partial charge in [0.2, 0.25) is 0 Å². The number of hydrogen-bond acceptors (Lipinski definition) is 2. The Kier molecular flexibility index (Phi) is 4.58. The fourth-order valence-corrected chi connectivity index (χ4v) is 2.73. The van der Waals surface area contributed by atoms with Crippen LogP contribution in [0.2, 0.25) is 0 Å². The smallest absolute Gasteiger partial charge is 0.304 e. The summed E-state index contributed by atoms with van der Waals surface area (Å²) in [6.45, 7) is 4.35. The van der Waals surface area contributed by atoms with Gasteiger partial charge in [0, 0.05) is 6.04 Å². The van der Waals surface area contributed by atoms with Crippen LogP contribution in [0.3, 0.4) is 0 Å². The third-order valence-electron chi connectivity index (χ3n) is 4.00. The Bertz CT molecular complexity index is 214. The molecule has 1 aliphatic carbocycles. The van der Waals surface area contributed by atoms with Gasteiger partial charge in [-0.2, -0.15) is 0 Å². The highest BCUT2D eigenvalue weighted by Crippen LogP contribution is 2.39. The standard InChI is InChI=1S/C12H23NO2/c1-3-10(11(13)7-12(14)15)8(2)9-5-4-6-9/h8-11H,3-7,13H2,1-2H3,(H,14,15). The molecule has 0 heterocycles. The maximum absolute atomic E-state index is 10.6. The van der Waals surface area contributed by atoms with Crippen molar-refractivity contribution in [1.82, 2.24) is 0 Å². The second kappa shape index (κ2) is 5.50. The van der Waals surface area contributed by atoms with Crippen LogP contribution in [0.15, 0.2) is 0 Å². The molecular formula is C12H23NO2. The Labute approximate surface area is 92.0 Å². The van der Waals surface area contributed by atoms with Crippen molar-refractivity contribution < 1.29 is 9.90 Å². The maximum atomic E-state index is 10.6. The van der Waals surface area contributed by atoms with Crippen LogP contribution in [0.25, 0.3) is 0 Å². The number of carboxylic acid groups (broad SMARTS) is 1. The van der Waals surface area contributed by atoms with E-state index in [1.807, 2.05) is 0 Å². The van der Waals surface area contributed by atoms with Gasteiger partial charge >= 0.3 is 5.97 Å². The lowest BCUT2D eigenvalue weighted by molar-refractivity contribution is -0.137. The molecule has 88 valence electrons. The van der Waals surface area contributed by atoms with Crippen molar-refractivity contribution in [3.8, 4) is 0 Å². The van der Waals surface area contributed by atoms with Crippen LogP contribution in [0.1, 0.15) is 46.0 Å². The molecule has 3 nitrogen and oxygen atoms in total. The first kappa shape index (κ1) is 12.5. The van der Waals surface area contributed by atoms with Crippen LogP contribution in [0.4, 0.5) is 0 Å². The Morgan fingerprint density at radius 3 is 2.47 bits per heavy atom. The third kappa shape index (κ3) is 3.20. The molecule has 0 amide bonds. The van der Waals surface area contributed by atoms with E-state index >= 15 is 0 Å². The number of carboxylic acids is 1. The minimum Gasteiger partial charge on any atom is -0.481 e. The molecule has 15 heavy (non-hydrogen) atoms. The SMILES string of the molecule is CCC(C(N)CC(=O)O)C(C)C1CCC1.